The van der Waals surface area contributed by atoms with E-state index in [9.17, 15) is 27.2 Å². The van der Waals surface area contributed by atoms with Crippen LogP contribution in [-0.2, 0) is 6.18 Å². The molecule has 2 amide bonds. The number of fused-ring (bicyclic) bond motifs is 1. The lowest BCUT2D eigenvalue weighted by molar-refractivity contribution is -0.138. The standard InChI is InChI=1S/C25H26F4N6O2/c26-17-5-6-19(25(27,28)29)18(14-17)24(37)34-12-10-33(11-13-34)22-8-7-21-31-20(15-35(21)32-22)23(36)30-9-1-2-16-3-4-16/h5-8,14-16H,1-4,9-13H2,(H,30,36). The van der Waals surface area contributed by atoms with E-state index in [0.717, 1.165) is 18.8 Å². The summed E-state index contributed by atoms with van der Waals surface area (Å²) < 4.78 is 55.2. The number of hydrogen-bond donors (Lipinski definition) is 1. The molecule has 37 heavy (non-hydrogen) atoms. The maximum Gasteiger partial charge on any atom is 0.417 e. The summed E-state index contributed by atoms with van der Waals surface area (Å²) in [6.45, 7) is 1.54. The molecule has 1 saturated heterocycles. The largest absolute Gasteiger partial charge is 0.417 e. The fourth-order valence-electron chi connectivity index (χ4n) is 4.49. The molecule has 0 radical (unpaired) electrons. The first-order valence-electron chi connectivity index (χ1n) is 12.2. The molecule has 1 saturated carbocycles. The summed E-state index contributed by atoms with van der Waals surface area (Å²) in [5, 5.41) is 7.40. The second kappa shape index (κ2) is 9.98. The van der Waals surface area contributed by atoms with Crippen LogP contribution in [0.2, 0.25) is 0 Å². The maximum absolute atomic E-state index is 13.6. The van der Waals surface area contributed by atoms with E-state index in [1.54, 1.807) is 18.3 Å². The number of anilines is 1. The van der Waals surface area contributed by atoms with Crippen molar-refractivity contribution < 1.29 is 27.2 Å². The molecular formula is C25H26F4N6O2. The number of benzene rings is 1. The van der Waals surface area contributed by atoms with Gasteiger partial charge in [0.15, 0.2) is 5.65 Å². The van der Waals surface area contributed by atoms with Crippen molar-refractivity contribution in [3.05, 3.63) is 59.2 Å². The molecule has 0 bridgehead atoms. The number of nitrogens with one attached hydrogen (secondary N) is 1. The topological polar surface area (TPSA) is 82.8 Å². The van der Waals surface area contributed by atoms with Gasteiger partial charge in [0.2, 0.25) is 0 Å². The van der Waals surface area contributed by atoms with Crippen molar-refractivity contribution in [3.63, 3.8) is 0 Å². The molecule has 196 valence electrons. The molecule has 2 fully saturated rings. The normalized spacial score (nSPS) is 16.3. The monoisotopic (exact) mass is 518 g/mol. The Balaban J connectivity index is 1.21. The average molecular weight is 519 g/mol. The van der Waals surface area contributed by atoms with Gasteiger partial charge in [-0.3, -0.25) is 9.59 Å². The van der Waals surface area contributed by atoms with Crippen LogP contribution in [0.1, 0.15) is 52.1 Å². The molecule has 12 heteroatoms. The van der Waals surface area contributed by atoms with Gasteiger partial charge in [-0.1, -0.05) is 12.8 Å². The highest BCUT2D eigenvalue weighted by Gasteiger charge is 2.37. The Kier molecular flexibility index (Phi) is 6.74. The fourth-order valence-corrected chi connectivity index (χ4v) is 4.49. The van der Waals surface area contributed by atoms with E-state index >= 15 is 0 Å². The second-order valence-corrected chi connectivity index (χ2v) is 9.43. The van der Waals surface area contributed by atoms with Crippen LogP contribution in [0.4, 0.5) is 23.4 Å². The van der Waals surface area contributed by atoms with Crippen molar-refractivity contribution in [1.29, 1.82) is 0 Å². The van der Waals surface area contributed by atoms with Gasteiger partial charge in [-0.25, -0.2) is 13.9 Å². The Morgan fingerprint density at radius 2 is 1.81 bits per heavy atom. The Bertz CT molecular complexity index is 1310. The van der Waals surface area contributed by atoms with Crippen LogP contribution in [0.25, 0.3) is 5.65 Å². The minimum atomic E-state index is -4.77. The first kappa shape index (κ1) is 25.0. The number of nitrogens with zero attached hydrogens (tertiary/aromatic N) is 5. The molecule has 1 N–H and O–H groups in total. The number of alkyl halides is 3. The summed E-state index contributed by atoms with van der Waals surface area (Å²) >= 11 is 0. The molecule has 2 aromatic heterocycles. The second-order valence-electron chi connectivity index (χ2n) is 9.43. The van der Waals surface area contributed by atoms with E-state index in [1.807, 2.05) is 4.90 Å². The zero-order valence-corrected chi connectivity index (χ0v) is 20.0. The fraction of sp³-hybridized carbons (Fsp3) is 0.440. The Hall–Kier alpha value is -3.70. The van der Waals surface area contributed by atoms with Gasteiger partial charge in [-0.2, -0.15) is 13.2 Å². The third-order valence-corrected chi connectivity index (χ3v) is 6.72. The molecular weight excluding hydrogens is 492 g/mol. The molecule has 0 unspecified atom stereocenters. The molecule has 0 atom stereocenters. The maximum atomic E-state index is 13.6. The summed E-state index contributed by atoms with van der Waals surface area (Å²) in [6, 6.07) is 5.38. The van der Waals surface area contributed by atoms with Gasteiger partial charge >= 0.3 is 6.18 Å². The van der Waals surface area contributed by atoms with E-state index in [1.165, 1.54) is 22.3 Å². The van der Waals surface area contributed by atoms with Crippen molar-refractivity contribution in [2.75, 3.05) is 37.6 Å². The van der Waals surface area contributed by atoms with Crippen molar-refractivity contribution in [3.8, 4) is 0 Å². The molecule has 3 heterocycles. The lowest BCUT2D eigenvalue weighted by Crippen LogP contribution is -2.49. The predicted octanol–water partition coefficient (Wildman–Crippen LogP) is 3.77. The van der Waals surface area contributed by atoms with E-state index < -0.39 is 29.0 Å². The third kappa shape index (κ3) is 5.67. The van der Waals surface area contributed by atoms with Crippen molar-refractivity contribution in [2.24, 2.45) is 5.92 Å². The Labute approximate surface area is 210 Å². The van der Waals surface area contributed by atoms with Gasteiger partial charge in [-0.05, 0) is 49.1 Å². The van der Waals surface area contributed by atoms with Crippen LogP contribution in [0, 0.1) is 11.7 Å². The lowest BCUT2D eigenvalue weighted by Gasteiger charge is -2.35. The Morgan fingerprint density at radius 3 is 2.51 bits per heavy atom. The number of carbonyl (C=O) groups excluding carboxylic acids is 2. The number of carbonyl (C=O) groups is 2. The molecule has 8 nitrogen and oxygen atoms in total. The summed E-state index contributed by atoms with van der Waals surface area (Å²) in [5.41, 5.74) is -1.08. The van der Waals surface area contributed by atoms with Crippen LogP contribution < -0.4 is 10.2 Å². The van der Waals surface area contributed by atoms with Crippen molar-refractivity contribution >= 4 is 23.3 Å². The van der Waals surface area contributed by atoms with Gasteiger partial charge < -0.3 is 15.1 Å². The van der Waals surface area contributed by atoms with Crippen LogP contribution in [0.5, 0.6) is 0 Å². The third-order valence-electron chi connectivity index (χ3n) is 6.72. The molecule has 3 aromatic rings. The number of hydrogen-bond acceptors (Lipinski definition) is 5. The van der Waals surface area contributed by atoms with Crippen LogP contribution in [-0.4, -0.2) is 64.0 Å². The number of amides is 2. The smallest absolute Gasteiger partial charge is 0.352 e. The van der Waals surface area contributed by atoms with E-state index in [2.05, 4.69) is 15.4 Å². The van der Waals surface area contributed by atoms with E-state index in [4.69, 9.17) is 0 Å². The summed E-state index contributed by atoms with van der Waals surface area (Å²) in [5.74, 6) is -0.634. The van der Waals surface area contributed by atoms with Gasteiger partial charge in [0.25, 0.3) is 11.8 Å². The van der Waals surface area contributed by atoms with Crippen LogP contribution in [0.3, 0.4) is 0 Å². The van der Waals surface area contributed by atoms with Gasteiger partial charge in [-0.15, -0.1) is 5.10 Å². The first-order chi connectivity index (χ1) is 17.7. The zero-order chi connectivity index (χ0) is 26.2. The lowest BCUT2D eigenvalue weighted by atomic mass is 10.0. The van der Waals surface area contributed by atoms with Crippen LogP contribution in [0.15, 0.2) is 36.5 Å². The van der Waals surface area contributed by atoms with E-state index in [0.29, 0.717) is 49.3 Å². The molecule has 1 aliphatic heterocycles. The zero-order valence-electron chi connectivity index (χ0n) is 20.0. The van der Waals surface area contributed by atoms with Crippen LogP contribution >= 0.6 is 0 Å². The number of aromatic nitrogens is 3. The summed E-state index contributed by atoms with van der Waals surface area (Å²) in [4.78, 5) is 32.7. The predicted molar refractivity (Wildman–Crippen MR) is 127 cm³/mol. The quantitative estimate of drug-likeness (QED) is 0.381. The molecule has 5 rings (SSSR count). The highest BCUT2D eigenvalue weighted by atomic mass is 19.4. The Morgan fingerprint density at radius 1 is 1.05 bits per heavy atom. The SMILES string of the molecule is O=C(NCCCC1CC1)c1cn2nc(N3CCN(C(=O)c4cc(F)ccc4C(F)(F)F)CC3)ccc2n1. The van der Waals surface area contributed by atoms with Gasteiger partial charge in [0.1, 0.15) is 17.3 Å². The highest BCUT2D eigenvalue weighted by molar-refractivity contribution is 5.96. The van der Waals surface area contributed by atoms with Gasteiger partial charge in [0, 0.05) is 32.7 Å². The number of piperazine rings is 1. The van der Waals surface area contributed by atoms with Gasteiger partial charge in [0.05, 0.1) is 17.3 Å². The molecule has 1 aromatic carbocycles. The van der Waals surface area contributed by atoms with E-state index in [-0.39, 0.29) is 24.7 Å². The van der Waals surface area contributed by atoms with Crippen molar-refractivity contribution in [2.45, 2.75) is 31.9 Å². The minimum absolute atomic E-state index is 0.144. The first-order valence-corrected chi connectivity index (χ1v) is 12.2. The minimum Gasteiger partial charge on any atom is -0.352 e. The molecule has 0 spiro atoms. The number of halogens is 4. The number of imidazole rings is 1. The average Bonchev–Trinajstić information content (AvgIpc) is 3.60. The summed E-state index contributed by atoms with van der Waals surface area (Å²) in [7, 11) is 0. The number of rotatable bonds is 7. The summed E-state index contributed by atoms with van der Waals surface area (Å²) in [6.07, 6.45) is 1.42. The molecule has 1 aliphatic carbocycles. The van der Waals surface area contributed by atoms with Crippen molar-refractivity contribution in [1.82, 2.24) is 24.8 Å². The molecule has 2 aliphatic rings. The highest BCUT2D eigenvalue weighted by Crippen LogP contribution is 2.34.